The van der Waals surface area contributed by atoms with Crippen molar-refractivity contribution in [1.82, 2.24) is 14.5 Å². The van der Waals surface area contributed by atoms with Crippen LogP contribution in [-0.2, 0) is 18.3 Å². The van der Waals surface area contributed by atoms with Crippen LogP contribution in [0.5, 0.6) is 0 Å². The monoisotopic (exact) mass is 318 g/mol. The number of nitrogens with zero attached hydrogens (tertiary/aromatic N) is 4. The Morgan fingerprint density at radius 3 is 2.68 bits per heavy atom. The first-order chi connectivity index (χ1) is 10.6. The number of anilines is 1. The van der Waals surface area contributed by atoms with Gasteiger partial charge in [0.2, 0.25) is 11.9 Å². The molecule has 1 aromatic heterocycles. The van der Waals surface area contributed by atoms with E-state index in [1.165, 1.54) is 0 Å². The van der Waals surface area contributed by atoms with Gasteiger partial charge in [-0.05, 0) is 17.7 Å². The Labute approximate surface area is 135 Å². The zero-order chi connectivity index (χ0) is 15.5. The topological polar surface area (TPSA) is 41.4 Å². The zero-order valence-electron chi connectivity index (χ0n) is 12.6. The lowest BCUT2D eigenvalue weighted by Crippen LogP contribution is -2.49. The molecule has 1 saturated heterocycles. The van der Waals surface area contributed by atoms with Crippen molar-refractivity contribution in [2.45, 2.75) is 6.42 Å². The maximum absolute atomic E-state index is 12.4. The van der Waals surface area contributed by atoms with Crippen LogP contribution in [0.2, 0.25) is 5.02 Å². The molecule has 6 heteroatoms. The lowest BCUT2D eigenvalue weighted by Gasteiger charge is -2.35. The molecule has 2 heterocycles. The number of hydrogen-bond acceptors (Lipinski definition) is 3. The fraction of sp³-hybridized carbons (Fsp3) is 0.375. The molecule has 5 nitrogen and oxygen atoms in total. The van der Waals surface area contributed by atoms with Gasteiger partial charge in [0.25, 0.3) is 0 Å². The summed E-state index contributed by atoms with van der Waals surface area (Å²) in [6.07, 6.45) is 4.14. The molecular formula is C16H19ClN4O. The minimum Gasteiger partial charge on any atom is -0.339 e. The Morgan fingerprint density at radius 1 is 1.27 bits per heavy atom. The second kappa shape index (κ2) is 6.40. The van der Waals surface area contributed by atoms with Gasteiger partial charge in [0.15, 0.2) is 0 Å². The number of imidazole rings is 1. The molecule has 1 aliphatic rings. The van der Waals surface area contributed by atoms with Crippen molar-refractivity contribution >= 4 is 23.5 Å². The molecule has 116 valence electrons. The number of aromatic nitrogens is 2. The van der Waals surface area contributed by atoms with E-state index in [1.807, 2.05) is 47.0 Å². The molecule has 1 fully saturated rings. The summed E-state index contributed by atoms with van der Waals surface area (Å²) in [7, 11) is 1.99. The van der Waals surface area contributed by atoms with Crippen molar-refractivity contribution in [3.63, 3.8) is 0 Å². The van der Waals surface area contributed by atoms with Crippen LogP contribution in [0, 0.1) is 0 Å². The third-order valence-corrected chi connectivity index (χ3v) is 4.19. The van der Waals surface area contributed by atoms with Crippen LogP contribution >= 0.6 is 11.6 Å². The van der Waals surface area contributed by atoms with E-state index < -0.39 is 0 Å². The molecule has 0 bridgehead atoms. The van der Waals surface area contributed by atoms with E-state index in [0.717, 1.165) is 37.7 Å². The lowest BCUT2D eigenvalue weighted by molar-refractivity contribution is -0.130. The molecule has 2 aromatic rings. The highest BCUT2D eigenvalue weighted by atomic mass is 35.5. The molecule has 1 aliphatic heterocycles. The second-order valence-electron chi connectivity index (χ2n) is 5.51. The maximum Gasteiger partial charge on any atom is 0.227 e. The van der Waals surface area contributed by atoms with Gasteiger partial charge in [0.05, 0.1) is 6.42 Å². The SMILES string of the molecule is Cn1ccnc1N1CCN(C(=O)Cc2cccc(Cl)c2)CC1. The van der Waals surface area contributed by atoms with Gasteiger partial charge < -0.3 is 14.4 Å². The summed E-state index contributed by atoms with van der Waals surface area (Å²) in [5.41, 5.74) is 0.962. The first-order valence-corrected chi connectivity index (χ1v) is 7.76. The Hall–Kier alpha value is -2.01. The van der Waals surface area contributed by atoms with E-state index in [0.29, 0.717) is 11.4 Å². The lowest BCUT2D eigenvalue weighted by atomic mass is 10.1. The average Bonchev–Trinajstić information content (AvgIpc) is 2.93. The van der Waals surface area contributed by atoms with Crippen LogP contribution in [0.3, 0.4) is 0 Å². The number of benzene rings is 1. The van der Waals surface area contributed by atoms with Crippen molar-refractivity contribution in [2.24, 2.45) is 7.05 Å². The van der Waals surface area contributed by atoms with E-state index in [2.05, 4.69) is 9.88 Å². The average molecular weight is 319 g/mol. The highest BCUT2D eigenvalue weighted by Crippen LogP contribution is 2.15. The molecule has 0 saturated carbocycles. The van der Waals surface area contributed by atoms with Crippen molar-refractivity contribution < 1.29 is 4.79 Å². The Morgan fingerprint density at radius 2 is 2.05 bits per heavy atom. The predicted octanol–water partition coefficient (Wildman–Crippen LogP) is 1.96. The first-order valence-electron chi connectivity index (χ1n) is 7.38. The number of carbonyl (C=O) groups excluding carboxylic acids is 1. The number of rotatable bonds is 3. The molecule has 0 aliphatic carbocycles. The fourth-order valence-electron chi connectivity index (χ4n) is 2.75. The maximum atomic E-state index is 12.4. The second-order valence-corrected chi connectivity index (χ2v) is 5.95. The van der Waals surface area contributed by atoms with Gasteiger partial charge in [-0.25, -0.2) is 4.98 Å². The van der Waals surface area contributed by atoms with Crippen molar-refractivity contribution in [3.05, 3.63) is 47.2 Å². The summed E-state index contributed by atoms with van der Waals surface area (Å²) in [6.45, 7) is 3.08. The first kappa shape index (κ1) is 14.9. The number of amides is 1. The molecule has 1 amide bonds. The van der Waals surface area contributed by atoms with Crippen LogP contribution in [-0.4, -0.2) is 46.5 Å². The van der Waals surface area contributed by atoms with Crippen LogP contribution < -0.4 is 4.90 Å². The van der Waals surface area contributed by atoms with E-state index in [9.17, 15) is 4.79 Å². The molecule has 0 radical (unpaired) electrons. The number of carbonyl (C=O) groups is 1. The molecule has 0 unspecified atom stereocenters. The largest absolute Gasteiger partial charge is 0.339 e. The third-order valence-electron chi connectivity index (χ3n) is 3.96. The van der Waals surface area contributed by atoms with E-state index in [1.54, 1.807) is 6.20 Å². The summed E-state index contributed by atoms with van der Waals surface area (Å²) in [5.74, 6) is 1.11. The minimum absolute atomic E-state index is 0.154. The third kappa shape index (κ3) is 3.25. The zero-order valence-corrected chi connectivity index (χ0v) is 13.3. The Kier molecular flexibility index (Phi) is 4.34. The van der Waals surface area contributed by atoms with Crippen molar-refractivity contribution in [3.8, 4) is 0 Å². The van der Waals surface area contributed by atoms with E-state index >= 15 is 0 Å². The molecular weight excluding hydrogens is 300 g/mol. The number of halogens is 1. The summed E-state index contributed by atoms with van der Waals surface area (Å²) in [5, 5.41) is 0.671. The van der Waals surface area contributed by atoms with Gasteiger partial charge in [-0.15, -0.1) is 0 Å². The minimum atomic E-state index is 0.154. The fourth-order valence-corrected chi connectivity index (χ4v) is 2.96. The Bertz CT molecular complexity index is 662. The predicted molar refractivity (Wildman–Crippen MR) is 87.2 cm³/mol. The number of piperazine rings is 1. The van der Waals surface area contributed by atoms with Gasteiger partial charge in [-0.1, -0.05) is 23.7 Å². The number of hydrogen-bond donors (Lipinski definition) is 0. The standard InChI is InChI=1S/C16H19ClN4O/c1-19-6-5-18-16(19)21-9-7-20(8-10-21)15(22)12-13-3-2-4-14(17)11-13/h2-6,11H,7-10,12H2,1H3. The summed E-state index contributed by atoms with van der Waals surface area (Å²) in [4.78, 5) is 20.9. The molecule has 3 rings (SSSR count). The molecule has 22 heavy (non-hydrogen) atoms. The van der Waals surface area contributed by atoms with Gasteiger partial charge >= 0.3 is 0 Å². The summed E-state index contributed by atoms with van der Waals surface area (Å²) < 4.78 is 2.00. The highest BCUT2D eigenvalue weighted by Gasteiger charge is 2.23. The van der Waals surface area contributed by atoms with Crippen LogP contribution in [0.25, 0.3) is 0 Å². The normalized spacial score (nSPS) is 15.2. The van der Waals surface area contributed by atoms with Gasteiger partial charge in [0.1, 0.15) is 0 Å². The van der Waals surface area contributed by atoms with E-state index in [4.69, 9.17) is 11.6 Å². The molecule has 0 N–H and O–H groups in total. The summed E-state index contributed by atoms with van der Waals surface area (Å²) in [6, 6.07) is 7.49. The van der Waals surface area contributed by atoms with E-state index in [-0.39, 0.29) is 5.91 Å². The smallest absolute Gasteiger partial charge is 0.227 e. The van der Waals surface area contributed by atoms with Crippen molar-refractivity contribution in [2.75, 3.05) is 31.1 Å². The van der Waals surface area contributed by atoms with Gasteiger partial charge in [0, 0.05) is 50.6 Å². The molecule has 0 atom stereocenters. The van der Waals surface area contributed by atoms with Gasteiger partial charge in [-0.3, -0.25) is 4.79 Å². The quantitative estimate of drug-likeness (QED) is 0.869. The van der Waals surface area contributed by atoms with Crippen LogP contribution in [0.1, 0.15) is 5.56 Å². The van der Waals surface area contributed by atoms with Crippen LogP contribution in [0.15, 0.2) is 36.7 Å². The number of aryl methyl sites for hydroxylation is 1. The van der Waals surface area contributed by atoms with Crippen molar-refractivity contribution in [1.29, 1.82) is 0 Å². The Balaban J connectivity index is 1.57. The molecule has 1 aromatic carbocycles. The highest BCUT2D eigenvalue weighted by molar-refractivity contribution is 6.30. The summed E-state index contributed by atoms with van der Waals surface area (Å²) >= 11 is 5.96. The molecule has 0 spiro atoms. The van der Waals surface area contributed by atoms with Crippen LogP contribution in [0.4, 0.5) is 5.95 Å². The van der Waals surface area contributed by atoms with Gasteiger partial charge in [-0.2, -0.15) is 0 Å².